The van der Waals surface area contributed by atoms with E-state index in [1.54, 1.807) is 6.07 Å². The predicted molar refractivity (Wildman–Crippen MR) is 113 cm³/mol. The van der Waals surface area contributed by atoms with Crippen molar-refractivity contribution in [3.05, 3.63) is 69.6 Å². The summed E-state index contributed by atoms with van der Waals surface area (Å²) in [6.07, 6.45) is 1.95. The highest BCUT2D eigenvalue weighted by molar-refractivity contribution is 9.10. The first kappa shape index (κ1) is 18.8. The molecule has 1 aromatic heterocycles. The van der Waals surface area contributed by atoms with Gasteiger partial charge in [0.1, 0.15) is 5.82 Å². The molecule has 2 aliphatic heterocycles. The molecule has 3 aromatic rings. The Morgan fingerprint density at radius 3 is 2.76 bits per heavy atom. The number of carbonyl (C=O) groups excluding carboxylic acids is 1. The third kappa shape index (κ3) is 3.09. The number of H-pyrrole nitrogens is 1. The van der Waals surface area contributed by atoms with Gasteiger partial charge in [0, 0.05) is 53.8 Å². The molecule has 1 N–H and O–H groups in total. The van der Waals surface area contributed by atoms with Gasteiger partial charge in [0.15, 0.2) is 0 Å². The van der Waals surface area contributed by atoms with Crippen LogP contribution in [0.15, 0.2) is 46.9 Å². The monoisotopic (exact) mass is 456 g/mol. The molecule has 2 aromatic carbocycles. The Bertz CT molecular complexity index is 1090. The molecule has 0 radical (unpaired) electrons. The van der Waals surface area contributed by atoms with Crippen molar-refractivity contribution in [3.63, 3.8) is 0 Å². The topological polar surface area (TPSA) is 45.3 Å². The molecule has 3 heterocycles. The molecule has 29 heavy (non-hydrogen) atoms. The van der Waals surface area contributed by atoms with Crippen LogP contribution >= 0.6 is 15.9 Å². The highest BCUT2D eigenvalue weighted by Gasteiger charge is 2.45. The van der Waals surface area contributed by atoms with Crippen LogP contribution in [0, 0.1) is 5.82 Å². The van der Waals surface area contributed by atoms with Crippen LogP contribution in [0.3, 0.4) is 0 Å². The predicted octanol–water partition coefficient (Wildman–Crippen LogP) is 4.70. The molecule has 0 spiro atoms. The minimum atomic E-state index is -0.718. The van der Waals surface area contributed by atoms with E-state index in [2.05, 4.69) is 27.0 Å². The van der Waals surface area contributed by atoms with Gasteiger partial charge in [0.05, 0.1) is 10.9 Å². The Kier molecular flexibility index (Phi) is 4.71. The van der Waals surface area contributed by atoms with Gasteiger partial charge in [-0.15, -0.1) is 0 Å². The van der Waals surface area contributed by atoms with Gasteiger partial charge in [-0.1, -0.05) is 24.3 Å². The lowest BCUT2D eigenvalue weighted by Gasteiger charge is -2.41. The molecule has 0 saturated carbocycles. The number of rotatable bonds is 2. The Morgan fingerprint density at radius 2 is 1.97 bits per heavy atom. The lowest BCUT2D eigenvalue weighted by atomic mass is 9.72. The van der Waals surface area contributed by atoms with Crippen molar-refractivity contribution in [2.24, 2.45) is 0 Å². The van der Waals surface area contributed by atoms with Gasteiger partial charge in [0.25, 0.3) is 0 Å². The van der Waals surface area contributed by atoms with E-state index in [1.165, 1.54) is 23.4 Å². The lowest BCUT2D eigenvalue weighted by molar-refractivity contribution is -0.142. The number of nitrogens with one attached hydrogen (secondary N) is 1. The quantitative estimate of drug-likeness (QED) is 0.607. The molecule has 6 heteroatoms. The first-order chi connectivity index (χ1) is 14.1. The van der Waals surface area contributed by atoms with Crippen molar-refractivity contribution in [1.82, 2.24) is 9.88 Å². The van der Waals surface area contributed by atoms with Crippen LogP contribution < -0.4 is 0 Å². The van der Waals surface area contributed by atoms with Crippen molar-refractivity contribution >= 4 is 32.7 Å². The average Bonchev–Trinajstić information content (AvgIpc) is 3.13. The first-order valence-corrected chi connectivity index (χ1v) is 10.8. The van der Waals surface area contributed by atoms with E-state index in [0.29, 0.717) is 39.1 Å². The molecule has 1 saturated heterocycles. The van der Waals surface area contributed by atoms with E-state index in [-0.39, 0.29) is 11.7 Å². The maximum absolute atomic E-state index is 14.0. The van der Waals surface area contributed by atoms with Gasteiger partial charge < -0.3 is 14.6 Å². The van der Waals surface area contributed by atoms with Crippen LogP contribution in [0.2, 0.25) is 0 Å². The molecule has 0 aliphatic carbocycles. The third-order valence-corrected chi connectivity index (χ3v) is 7.04. The number of ether oxygens (including phenoxy) is 1. The fourth-order valence-electron chi connectivity index (χ4n) is 4.81. The van der Waals surface area contributed by atoms with Crippen LogP contribution in [0.4, 0.5) is 4.39 Å². The summed E-state index contributed by atoms with van der Waals surface area (Å²) in [5, 5.41) is 1.15. The zero-order valence-electron chi connectivity index (χ0n) is 16.0. The second-order valence-corrected chi connectivity index (χ2v) is 8.78. The summed E-state index contributed by atoms with van der Waals surface area (Å²) in [4.78, 5) is 19.3. The summed E-state index contributed by atoms with van der Waals surface area (Å²) < 4.78 is 20.6. The molecule has 2 aliphatic rings. The number of fused-ring (bicyclic) bond motifs is 3. The van der Waals surface area contributed by atoms with Gasteiger partial charge in [-0.05, 0) is 52.5 Å². The normalized spacial score (nSPS) is 18.6. The van der Waals surface area contributed by atoms with E-state index < -0.39 is 5.41 Å². The molecule has 0 unspecified atom stereocenters. The minimum Gasteiger partial charge on any atom is -0.381 e. The maximum Gasteiger partial charge on any atom is 0.233 e. The van der Waals surface area contributed by atoms with Crippen LogP contribution in [0.25, 0.3) is 10.9 Å². The second kappa shape index (κ2) is 7.26. The number of aromatic nitrogens is 1. The largest absolute Gasteiger partial charge is 0.381 e. The number of amides is 1. The number of halogens is 2. The molecular formula is C23H22BrFN2O2. The van der Waals surface area contributed by atoms with Gasteiger partial charge in [-0.2, -0.15) is 0 Å². The molecule has 0 bridgehead atoms. The molecule has 1 fully saturated rings. The Labute approximate surface area is 177 Å². The molecule has 4 nitrogen and oxygen atoms in total. The smallest absolute Gasteiger partial charge is 0.233 e. The fourth-order valence-corrected chi connectivity index (χ4v) is 5.28. The van der Waals surface area contributed by atoms with Crippen LogP contribution in [0.1, 0.15) is 29.7 Å². The Morgan fingerprint density at radius 1 is 1.17 bits per heavy atom. The van der Waals surface area contributed by atoms with Crippen molar-refractivity contribution in [3.8, 4) is 0 Å². The zero-order chi connectivity index (χ0) is 20.0. The maximum atomic E-state index is 14.0. The number of benzene rings is 2. The third-order valence-electron chi connectivity index (χ3n) is 6.38. The Balaban J connectivity index is 1.52. The lowest BCUT2D eigenvalue weighted by Crippen LogP contribution is -2.51. The number of para-hydroxylation sites is 1. The summed E-state index contributed by atoms with van der Waals surface area (Å²) >= 11 is 3.61. The minimum absolute atomic E-state index is 0.0846. The number of hydrogen-bond donors (Lipinski definition) is 1. The van der Waals surface area contributed by atoms with Gasteiger partial charge in [-0.3, -0.25) is 4.79 Å². The zero-order valence-corrected chi connectivity index (χ0v) is 17.6. The van der Waals surface area contributed by atoms with Gasteiger partial charge in [-0.25, -0.2) is 4.39 Å². The molecule has 1 amide bonds. The van der Waals surface area contributed by atoms with Crippen molar-refractivity contribution in [2.45, 2.75) is 31.2 Å². The van der Waals surface area contributed by atoms with E-state index >= 15 is 0 Å². The number of hydrogen-bond acceptors (Lipinski definition) is 2. The van der Waals surface area contributed by atoms with E-state index in [0.717, 1.165) is 27.4 Å². The number of aromatic amines is 1. The van der Waals surface area contributed by atoms with Gasteiger partial charge in [0.2, 0.25) is 5.91 Å². The van der Waals surface area contributed by atoms with E-state index in [1.807, 2.05) is 23.1 Å². The van der Waals surface area contributed by atoms with Gasteiger partial charge >= 0.3 is 0 Å². The Hall–Kier alpha value is -2.18. The van der Waals surface area contributed by atoms with E-state index in [9.17, 15) is 9.18 Å². The molecular weight excluding hydrogens is 435 g/mol. The number of carbonyl (C=O) groups is 1. The van der Waals surface area contributed by atoms with E-state index in [4.69, 9.17) is 4.74 Å². The summed E-state index contributed by atoms with van der Waals surface area (Å²) in [7, 11) is 0. The standard InChI is InChI=1S/C23H22BrFN2O2/c24-19-6-2-5-17-18-14-27(10-7-20(18)26-21(17)19)22(28)23(8-11-29-12-9-23)15-3-1-4-16(25)13-15/h1-6,13,26H,7-12,14H2. The average molecular weight is 457 g/mol. The number of nitrogens with zero attached hydrogens (tertiary/aromatic N) is 1. The van der Waals surface area contributed by atoms with Crippen molar-refractivity contribution < 1.29 is 13.9 Å². The summed E-state index contributed by atoms with van der Waals surface area (Å²) in [6, 6.07) is 12.7. The fraction of sp³-hybridized carbons (Fsp3) is 0.348. The summed E-state index contributed by atoms with van der Waals surface area (Å²) in [5.74, 6) is -0.218. The first-order valence-electron chi connectivity index (χ1n) is 10.00. The van der Waals surface area contributed by atoms with Crippen LogP contribution in [-0.4, -0.2) is 35.5 Å². The highest BCUT2D eigenvalue weighted by Crippen LogP contribution is 2.39. The summed E-state index contributed by atoms with van der Waals surface area (Å²) in [5.41, 5.74) is 3.51. The second-order valence-electron chi connectivity index (χ2n) is 7.93. The SMILES string of the molecule is O=C(N1CCc2[nH]c3c(Br)cccc3c2C1)C1(c2cccc(F)c2)CCOCC1. The van der Waals surface area contributed by atoms with Crippen LogP contribution in [0.5, 0.6) is 0 Å². The summed E-state index contributed by atoms with van der Waals surface area (Å²) in [6.45, 7) is 2.26. The molecule has 0 atom stereocenters. The highest BCUT2D eigenvalue weighted by atomic mass is 79.9. The molecule has 5 rings (SSSR count). The molecule has 150 valence electrons. The van der Waals surface area contributed by atoms with Crippen molar-refractivity contribution in [2.75, 3.05) is 19.8 Å². The van der Waals surface area contributed by atoms with Crippen LogP contribution in [-0.2, 0) is 27.9 Å². The van der Waals surface area contributed by atoms with Crippen molar-refractivity contribution in [1.29, 1.82) is 0 Å².